The van der Waals surface area contributed by atoms with Gasteiger partial charge in [-0.25, -0.2) is 4.99 Å². The highest BCUT2D eigenvalue weighted by atomic mass is 32.2. The zero-order valence-corrected chi connectivity index (χ0v) is 6.67. The minimum atomic E-state index is -0.190. The van der Waals surface area contributed by atoms with Crippen LogP contribution in [0.2, 0.25) is 0 Å². The van der Waals surface area contributed by atoms with E-state index in [9.17, 15) is 4.79 Å². The SMILES string of the molecule is NC1=NC2C(=O)CC=CC2S1. The van der Waals surface area contributed by atoms with Gasteiger partial charge in [0.25, 0.3) is 0 Å². The first-order valence-corrected chi connectivity index (χ1v) is 4.34. The Kier molecular flexibility index (Phi) is 1.49. The Morgan fingerprint density at radius 3 is 3.27 bits per heavy atom. The van der Waals surface area contributed by atoms with Crippen LogP contribution >= 0.6 is 11.8 Å². The summed E-state index contributed by atoms with van der Waals surface area (Å²) in [5.41, 5.74) is 5.48. The van der Waals surface area contributed by atoms with E-state index < -0.39 is 0 Å². The standard InChI is InChI=1S/C7H8N2OS/c8-7-9-6-4(10)2-1-3-5(6)11-7/h1,3,5-6H,2H2,(H2,8,9). The van der Waals surface area contributed by atoms with Gasteiger partial charge in [-0.15, -0.1) is 0 Å². The minimum Gasteiger partial charge on any atom is -0.378 e. The van der Waals surface area contributed by atoms with Crippen LogP contribution in [0.3, 0.4) is 0 Å². The summed E-state index contributed by atoms with van der Waals surface area (Å²) in [7, 11) is 0. The fraction of sp³-hybridized carbons (Fsp3) is 0.429. The first-order valence-electron chi connectivity index (χ1n) is 3.46. The van der Waals surface area contributed by atoms with Crippen molar-refractivity contribution in [3.63, 3.8) is 0 Å². The molecule has 1 aliphatic heterocycles. The summed E-state index contributed by atoms with van der Waals surface area (Å²) in [6.07, 6.45) is 4.42. The number of thioether (sulfide) groups is 1. The van der Waals surface area contributed by atoms with E-state index in [4.69, 9.17) is 5.73 Å². The predicted molar refractivity (Wildman–Crippen MR) is 45.6 cm³/mol. The third-order valence-corrected chi connectivity index (χ3v) is 2.84. The second kappa shape index (κ2) is 2.37. The molecule has 2 rings (SSSR count). The Morgan fingerprint density at radius 1 is 1.73 bits per heavy atom. The van der Waals surface area contributed by atoms with Crippen molar-refractivity contribution in [1.82, 2.24) is 0 Å². The van der Waals surface area contributed by atoms with Crippen molar-refractivity contribution in [2.45, 2.75) is 17.7 Å². The highest BCUT2D eigenvalue weighted by molar-refractivity contribution is 8.14. The molecule has 0 aromatic rings. The van der Waals surface area contributed by atoms with Gasteiger partial charge < -0.3 is 5.73 Å². The molecule has 0 saturated carbocycles. The van der Waals surface area contributed by atoms with Crippen LogP contribution in [0.1, 0.15) is 6.42 Å². The number of fused-ring (bicyclic) bond motifs is 1. The highest BCUT2D eigenvalue weighted by Gasteiger charge is 2.34. The Labute approximate surface area is 68.7 Å². The number of nitrogens with zero attached hydrogens (tertiary/aromatic N) is 1. The third kappa shape index (κ3) is 1.07. The van der Waals surface area contributed by atoms with E-state index in [0.717, 1.165) is 0 Å². The van der Waals surface area contributed by atoms with E-state index in [2.05, 4.69) is 4.99 Å². The van der Waals surface area contributed by atoms with Crippen molar-refractivity contribution in [2.75, 3.05) is 0 Å². The summed E-state index contributed by atoms with van der Waals surface area (Å²) in [5, 5.41) is 0.719. The van der Waals surface area contributed by atoms with E-state index in [0.29, 0.717) is 11.6 Å². The van der Waals surface area contributed by atoms with Gasteiger partial charge in [0.1, 0.15) is 6.04 Å². The largest absolute Gasteiger partial charge is 0.378 e. The van der Waals surface area contributed by atoms with Crippen LogP contribution in [-0.2, 0) is 4.79 Å². The first-order chi connectivity index (χ1) is 5.27. The Balaban J connectivity index is 2.28. The van der Waals surface area contributed by atoms with Gasteiger partial charge in [-0.05, 0) is 0 Å². The van der Waals surface area contributed by atoms with Gasteiger partial charge in [-0.2, -0.15) is 0 Å². The number of ketones is 1. The third-order valence-electron chi connectivity index (χ3n) is 1.81. The fourth-order valence-electron chi connectivity index (χ4n) is 1.28. The number of carbonyl (C=O) groups is 1. The van der Waals surface area contributed by atoms with Gasteiger partial charge in [-0.1, -0.05) is 23.9 Å². The van der Waals surface area contributed by atoms with Crippen LogP contribution in [0.15, 0.2) is 17.1 Å². The number of rotatable bonds is 0. The Hall–Kier alpha value is -0.770. The maximum Gasteiger partial charge on any atom is 0.162 e. The summed E-state index contributed by atoms with van der Waals surface area (Å²) in [6, 6.07) is -0.190. The number of allylic oxidation sites excluding steroid dienone is 1. The molecule has 0 amide bonds. The van der Waals surface area contributed by atoms with Crippen molar-refractivity contribution >= 4 is 22.7 Å². The van der Waals surface area contributed by atoms with Crippen molar-refractivity contribution in [3.8, 4) is 0 Å². The number of amidine groups is 1. The zero-order valence-electron chi connectivity index (χ0n) is 5.86. The Bertz CT molecular complexity index is 259. The van der Waals surface area contributed by atoms with Crippen molar-refractivity contribution < 1.29 is 4.79 Å². The molecule has 4 heteroatoms. The zero-order chi connectivity index (χ0) is 7.84. The molecule has 0 aromatic carbocycles. The normalized spacial score (nSPS) is 35.3. The van der Waals surface area contributed by atoms with Gasteiger partial charge >= 0.3 is 0 Å². The van der Waals surface area contributed by atoms with Gasteiger partial charge in [0.15, 0.2) is 11.0 Å². The molecule has 2 atom stereocenters. The van der Waals surface area contributed by atoms with Crippen molar-refractivity contribution in [3.05, 3.63) is 12.2 Å². The Morgan fingerprint density at radius 2 is 2.55 bits per heavy atom. The lowest BCUT2D eigenvalue weighted by atomic mass is 10.0. The number of nitrogens with two attached hydrogens (primary N) is 1. The minimum absolute atomic E-state index is 0.177. The smallest absolute Gasteiger partial charge is 0.162 e. The summed E-state index contributed by atoms with van der Waals surface area (Å²) >= 11 is 1.47. The molecule has 0 radical (unpaired) electrons. The summed E-state index contributed by atoms with van der Waals surface area (Å²) in [5.74, 6) is 0.186. The first kappa shape index (κ1) is 6.91. The van der Waals surface area contributed by atoms with E-state index in [-0.39, 0.29) is 17.1 Å². The van der Waals surface area contributed by atoms with E-state index in [1.54, 1.807) is 0 Å². The number of carbonyl (C=O) groups excluding carboxylic acids is 1. The van der Waals surface area contributed by atoms with E-state index in [1.807, 2.05) is 12.2 Å². The topological polar surface area (TPSA) is 55.4 Å². The maximum absolute atomic E-state index is 11.2. The van der Waals surface area contributed by atoms with Gasteiger partial charge in [-0.3, -0.25) is 4.79 Å². The van der Waals surface area contributed by atoms with Crippen LogP contribution in [0.4, 0.5) is 0 Å². The second-order valence-corrected chi connectivity index (χ2v) is 3.79. The summed E-state index contributed by atoms with van der Waals surface area (Å²) < 4.78 is 0. The molecule has 0 aromatic heterocycles. The number of hydrogen-bond acceptors (Lipinski definition) is 4. The lowest BCUT2D eigenvalue weighted by molar-refractivity contribution is -0.119. The molecule has 2 aliphatic rings. The van der Waals surface area contributed by atoms with Crippen molar-refractivity contribution in [2.24, 2.45) is 10.7 Å². The molecule has 0 spiro atoms. The predicted octanol–water partition coefficient (Wildman–Crippen LogP) is 0.314. The number of aliphatic imine (C=N–C) groups is 1. The van der Waals surface area contributed by atoms with E-state index >= 15 is 0 Å². The number of hydrogen-bond donors (Lipinski definition) is 1. The molecule has 2 N–H and O–H groups in total. The van der Waals surface area contributed by atoms with Crippen LogP contribution in [0.25, 0.3) is 0 Å². The molecular formula is C7H8N2OS. The molecule has 58 valence electrons. The average molecular weight is 168 g/mol. The lowest BCUT2D eigenvalue weighted by Crippen LogP contribution is -2.28. The quantitative estimate of drug-likeness (QED) is 0.530. The van der Waals surface area contributed by atoms with Crippen LogP contribution in [0, 0.1) is 0 Å². The molecule has 0 bridgehead atoms. The van der Waals surface area contributed by atoms with E-state index in [1.165, 1.54) is 11.8 Å². The molecule has 11 heavy (non-hydrogen) atoms. The molecular weight excluding hydrogens is 160 g/mol. The summed E-state index contributed by atoms with van der Waals surface area (Å²) in [6.45, 7) is 0. The molecule has 3 nitrogen and oxygen atoms in total. The molecule has 2 unspecified atom stereocenters. The second-order valence-electron chi connectivity index (χ2n) is 2.59. The maximum atomic E-state index is 11.2. The summed E-state index contributed by atoms with van der Waals surface area (Å²) in [4.78, 5) is 15.2. The van der Waals surface area contributed by atoms with Crippen LogP contribution in [0.5, 0.6) is 0 Å². The lowest BCUT2D eigenvalue weighted by Gasteiger charge is -2.14. The monoisotopic (exact) mass is 168 g/mol. The number of Topliss-reactive ketones (excluding diaryl/α,β-unsaturated/α-hetero) is 1. The molecule has 1 heterocycles. The van der Waals surface area contributed by atoms with Gasteiger partial charge in [0.2, 0.25) is 0 Å². The molecule has 0 saturated heterocycles. The highest BCUT2D eigenvalue weighted by Crippen LogP contribution is 2.29. The van der Waals surface area contributed by atoms with Crippen LogP contribution < -0.4 is 5.73 Å². The van der Waals surface area contributed by atoms with Gasteiger partial charge in [0.05, 0.1) is 5.25 Å². The molecule has 0 fully saturated rings. The van der Waals surface area contributed by atoms with Gasteiger partial charge in [0, 0.05) is 6.42 Å². The fourth-order valence-corrected chi connectivity index (χ4v) is 2.27. The average Bonchev–Trinajstić information content (AvgIpc) is 2.31. The van der Waals surface area contributed by atoms with Crippen molar-refractivity contribution in [1.29, 1.82) is 0 Å². The molecule has 1 aliphatic carbocycles. The van der Waals surface area contributed by atoms with Crippen LogP contribution in [-0.4, -0.2) is 22.2 Å².